The fourth-order valence-electron chi connectivity index (χ4n) is 2.79. The highest BCUT2D eigenvalue weighted by Gasteiger charge is 2.12. The molecule has 0 aliphatic rings. The molecule has 0 spiro atoms. The van der Waals surface area contributed by atoms with Crippen molar-refractivity contribution in [2.24, 2.45) is 0 Å². The first kappa shape index (κ1) is 19.2. The number of hydrogen-bond donors (Lipinski definition) is 1. The van der Waals surface area contributed by atoms with Crippen molar-refractivity contribution in [1.82, 2.24) is 0 Å². The molecule has 1 N–H and O–H groups in total. The number of benzene rings is 2. The number of nitrogens with one attached hydrogen (secondary N) is 1. The van der Waals surface area contributed by atoms with Gasteiger partial charge in [0.25, 0.3) is 0 Å². The molecule has 2 aromatic carbocycles. The highest BCUT2D eigenvalue weighted by Crippen LogP contribution is 2.24. The van der Waals surface area contributed by atoms with E-state index >= 15 is 0 Å². The minimum Gasteiger partial charge on any atom is -0.492 e. The summed E-state index contributed by atoms with van der Waals surface area (Å²) in [4.78, 5) is 2.34. The highest BCUT2D eigenvalue weighted by molar-refractivity contribution is 5.55. The Morgan fingerprint density at radius 1 is 0.880 bits per heavy atom. The summed E-state index contributed by atoms with van der Waals surface area (Å²) in [6, 6.07) is 17.0. The Hall–Kier alpha value is -2.16. The lowest BCUT2D eigenvalue weighted by Crippen LogP contribution is -2.21. The molecule has 0 bridgehead atoms. The molecule has 3 nitrogen and oxygen atoms in total. The van der Waals surface area contributed by atoms with Crippen molar-refractivity contribution >= 4 is 11.4 Å². The third-order valence-corrected chi connectivity index (χ3v) is 4.42. The van der Waals surface area contributed by atoms with Gasteiger partial charge in [-0.15, -0.1) is 0 Å². The SMILES string of the molecule is CCN(CC)c1ccc(NCCOc2ccc(C(C)(C)C)cc2)cc1. The summed E-state index contributed by atoms with van der Waals surface area (Å²) in [5.74, 6) is 0.923. The first-order valence-electron chi connectivity index (χ1n) is 9.26. The molecule has 25 heavy (non-hydrogen) atoms. The normalized spacial score (nSPS) is 11.2. The summed E-state index contributed by atoms with van der Waals surface area (Å²) in [7, 11) is 0. The molecular weight excluding hydrogens is 308 g/mol. The van der Waals surface area contributed by atoms with Crippen LogP contribution in [0, 0.1) is 0 Å². The molecule has 136 valence electrons. The van der Waals surface area contributed by atoms with Crippen LogP contribution in [0.1, 0.15) is 40.2 Å². The van der Waals surface area contributed by atoms with Crippen molar-refractivity contribution in [3.8, 4) is 5.75 Å². The van der Waals surface area contributed by atoms with Gasteiger partial charge in [-0.3, -0.25) is 0 Å². The lowest BCUT2D eigenvalue weighted by Gasteiger charge is -2.21. The third kappa shape index (κ3) is 5.70. The van der Waals surface area contributed by atoms with E-state index in [0.29, 0.717) is 6.61 Å². The molecule has 0 saturated heterocycles. The lowest BCUT2D eigenvalue weighted by molar-refractivity contribution is 0.332. The van der Waals surface area contributed by atoms with E-state index in [2.05, 4.69) is 93.4 Å². The maximum absolute atomic E-state index is 5.82. The summed E-state index contributed by atoms with van der Waals surface area (Å²) in [6.07, 6.45) is 0. The van der Waals surface area contributed by atoms with Gasteiger partial charge in [-0.25, -0.2) is 0 Å². The van der Waals surface area contributed by atoms with Crippen molar-refractivity contribution in [2.45, 2.75) is 40.0 Å². The number of anilines is 2. The molecule has 3 heteroatoms. The summed E-state index contributed by atoms with van der Waals surface area (Å²) in [6.45, 7) is 14.5. The quantitative estimate of drug-likeness (QED) is 0.658. The van der Waals surface area contributed by atoms with E-state index in [4.69, 9.17) is 4.74 Å². The Balaban J connectivity index is 1.77. The molecule has 0 radical (unpaired) electrons. The van der Waals surface area contributed by atoms with Crippen molar-refractivity contribution in [1.29, 1.82) is 0 Å². The molecule has 0 heterocycles. The third-order valence-electron chi connectivity index (χ3n) is 4.42. The first-order chi connectivity index (χ1) is 11.9. The average Bonchev–Trinajstić information content (AvgIpc) is 2.60. The van der Waals surface area contributed by atoms with Crippen LogP contribution >= 0.6 is 0 Å². The number of rotatable bonds is 8. The summed E-state index contributed by atoms with van der Waals surface area (Å²) in [5.41, 5.74) is 3.90. The van der Waals surface area contributed by atoms with Crippen LogP contribution in [0.15, 0.2) is 48.5 Å². The minimum absolute atomic E-state index is 0.178. The highest BCUT2D eigenvalue weighted by atomic mass is 16.5. The van der Waals surface area contributed by atoms with Gasteiger partial charge < -0.3 is 15.0 Å². The van der Waals surface area contributed by atoms with E-state index in [-0.39, 0.29) is 5.41 Å². The van der Waals surface area contributed by atoms with Gasteiger partial charge in [0.1, 0.15) is 12.4 Å². The van der Waals surface area contributed by atoms with Gasteiger partial charge in [-0.05, 0) is 61.2 Å². The van der Waals surface area contributed by atoms with Gasteiger partial charge in [0, 0.05) is 31.0 Å². The largest absolute Gasteiger partial charge is 0.492 e. The van der Waals surface area contributed by atoms with Gasteiger partial charge >= 0.3 is 0 Å². The van der Waals surface area contributed by atoms with Crippen molar-refractivity contribution < 1.29 is 4.74 Å². The van der Waals surface area contributed by atoms with Gasteiger partial charge in [0.05, 0.1) is 0 Å². The average molecular weight is 341 g/mol. The molecule has 0 atom stereocenters. The zero-order valence-electron chi connectivity index (χ0n) is 16.3. The fourth-order valence-corrected chi connectivity index (χ4v) is 2.79. The Labute approximate surface area is 153 Å². The summed E-state index contributed by atoms with van der Waals surface area (Å²) >= 11 is 0. The van der Waals surface area contributed by atoms with E-state index in [1.165, 1.54) is 11.3 Å². The topological polar surface area (TPSA) is 24.5 Å². The number of nitrogens with zero attached hydrogens (tertiary/aromatic N) is 1. The van der Waals surface area contributed by atoms with Gasteiger partial charge in [-0.2, -0.15) is 0 Å². The molecular formula is C22H32N2O. The molecule has 2 aromatic rings. The van der Waals surface area contributed by atoms with Crippen molar-refractivity contribution in [3.63, 3.8) is 0 Å². The molecule has 0 fully saturated rings. The molecule has 0 aromatic heterocycles. The molecule has 2 rings (SSSR count). The Morgan fingerprint density at radius 2 is 1.48 bits per heavy atom. The monoisotopic (exact) mass is 340 g/mol. The molecule has 0 amide bonds. The predicted octanol–water partition coefficient (Wildman–Crippen LogP) is 5.32. The van der Waals surface area contributed by atoms with E-state index in [1.807, 2.05) is 0 Å². The second-order valence-electron chi connectivity index (χ2n) is 7.27. The molecule has 0 saturated carbocycles. The van der Waals surface area contributed by atoms with Crippen LogP contribution in [-0.4, -0.2) is 26.2 Å². The van der Waals surface area contributed by atoms with Crippen LogP contribution < -0.4 is 15.0 Å². The van der Waals surface area contributed by atoms with E-state index < -0.39 is 0 Å². The Bertz CT molecular complexity index is 623. The van der Waals surface area contributed by atoms with E-state index in [1.54, 1.807) is 0 Å². The second kappa shape index (κ2) is 8.80. The Morgan fingerprint density at radius 3 is 2.00 bits per heavy atom. The van der Waals surface area contributed by atoms with E-state index in [0.717, 1.165) is 31.1 Å². The van der Waals surface area contributed by atoms with Crippen molar-refractivity contribution in [3.05, 3.63) is 54.1 Å². The van der Waals surface area contributed by atoms with Gasteiger partial charge in [0.15, 0.2) is 0 Å². The maximum Gasteiger partial charge on any atom is 0.119 e. The smallest absolute Gasteiger partial charge is 0.119 e. The first-order valence-corrected chi connectivity index (χ1v) is 9.26. The van der Waals surface area contributed by atoms with Crippen LogP contribution in [-0.2, 0) is 5.41 Å². The standard InChI is InChI=1S/C22H32N2O/c1-6-24(7-2)20-12-10-19(11-13-20)23-16-17-25-21-14-8-18(9-15-21)22(3,4)5/h8-15,23H,6-7,16-17H2,1-5H3. The summed E-state index contributed by atoms with van der Waals surface area (Å²) in [5, 5.41) is 3.41. The lowest BCUT2D eigenvalue weighted by atomic mass is 9.87. The van der Waals surface area contributed by atoms with Crippen molar-refractivity contribution in [2.75, 3.05) is 36.5 Å². The second-order valence-corrected chi connectivity index (χ2v) is 7.27. The van der Waals surface area contributed by atoms with Crippen LogP contribution in [0.3, 0.4) is 0 Å². The summed E-state index contributed by atoms with van der Waals surface area (Å²) < 4.78 is 5.82. The van der Waals surface area contributed by atoms with Crippen LogP contribution in [0.2, 0.25) is 0 Å². The minimum atomic E-state index is 0.178. The molecule has 0 aliphatic heterocycles. The van der Waals surface area contributed by atoms with Gasteiger partial charge in [0.2, 0.25) is 0 Å². The number of hydrogen-bond acceptors (Lipinski definition) is 3. The zero-order valence-corrected chi connectivity index (χ0v) is 16.3. The zero-order chi connectivity index (χ0) is 18.3. The molecule has 0 unspecified atom stereocenters. The predicted molar refractivity (Wildman–Crippen MR) is 109 cm³/mol. The van der Waals surface area contributed by atoms with Crippen LogP contribution in [0.4, 0.5) is 11.4 Å². The van der Waals surface area contributed by atoms with E-state index in [9.17, 15) is 0 Å². The maximum atomic E-state index is 5.82. The van der Waals surface area contributed by atoms with Crippen LogP contribution in [0.25, 0.3) is 0 Å². The Kier molecular flexibility index (Phi) is 6.74. The van der Waals surface area contributed by atoms with Crippen LogP contribution in [0.5, 0.6) is 5.75 Å². The van der Waals surface area contributed by atoms with Gasteiger partial charge in [-0.1, -0.05) is 32.9 Å². The number of ether oxygens (including phenoxy) is 1. The molecule has 0 aliphatic carbocycles. The fraction of sp³-hybridized carbons (Fsp3) is 0.455.